The van der Waals surface area contributed by atoms with Gasteiger partial charge >= 0.3 is 0 Å². The van der Waals surface area contributed by atoms with Crippen LogP contribution in [0.1, 0.15) is 0 Å². The quantitative estimate of drug-likeness (QED) is 0.350. The number of nitrogens with two attached hydrogens (primary N) is 2. The highest BCUT2D eigenvalue weighted by Gasteiger charge is 2.06. The second-order valence-corrected chi connectivity index (χ2v) is 6.05. The lowest BCUT2D eigenvalue weighted by Gasteiger charge is -2.12. The van der Waals surface area contributed by atoms with Crippen LogP contribution in [-0.4, -0.2) is 25.5 Å². The smallest absolute Gasteiger partial charge is 0.175 e. The molecule has 6 N–H and O–H groups in total. The number of nitrogen functional groups attached to an aromatic ring is 2. The molecule has 0 saturated carbocycles. The molecular weight excluding hydrogens is 419 g/mol. The van der Waals surface area contributed by atoms with Crippen LogP contribution in [0.5, 0.6) is 0 Å². The second-order valence-electron chi connectivity index (χ2n) is 5.64. The van der Waals surface area contributed by atoms with Crippen molar-refractivity contribution in [2.45, 2.75) is 0 Å². The summed E-state index contributed by atoms with van der Waals surface area (Å²) in [5, 5.41) is 24.1. The predicted molar refractivity (Wildman–Crippen MR) is 122 cm³/mol. The third kappa shape index (κ3) is 4.28. The van der Waals surface area contributed by atoms with E-state index in [2.05, 4.69) is 31.0 Å². The molecule has 0 amide bonds. The minimum absolute atomic E-state index is 0. The Kier molecular flexibility index (Phi) is 6.68. The molecule has 0 aliphatic carbocycles. The third-order valence-corrected chi connectivity index (χ3v) is 4.06. The van der Waals surface area contributed by atoms with Crippen LogP contribution in [0, 0.1) is 0 Å². The van der Waals surface area contributed by atoms with E-state index in [0.29, 0.717) is 16.5 Å². The van der Waals surface area contributed by atoms with E-state index in [1.54, 1.807) is 0 Å². The third-order valence-electron chi connectivity index (χ3n) is 3.86. The van der Waals surface area contributed by atoms with Crippen molar-refractivity contribution in [3.63, 3.8) is 0 Å². The second kappa shape index (κ2) is 8.79. The van der Waals surface area contributed by atoms with Crippen molar-refractivity contribution in [2.24, 2.45) is 0 Å². The van der Waals surface area contributed by atoms with Gasteiger partial charge in [-0.1, -0.05) is 0 Å². The first-order valence-corrected chi connectivity index (χ1v) is 8.11. The molecule has 0 aliphatic rings. The van der Waals surface area contributed by atoms with Crippen LogP contribution in [0.2, 0.25) is 0 Å². The summed E-state index contributed by atoms with van der Waals surface area (Å²) in [6.07, 6.45) is 3.04. The van der Waals surface area contributed by atoms with E-state index in [0.717, 1.165) is 33.2 Å². The molecular formula is C17H16Cl2N8S. The zero-order valence-electron chi connectivity index (χ0n) is 14.3. The summed E-state index contributed by atoms with van der Waals surface area (Å²) < 4.78 is 0. The fourth-order valence-electron chi connectivity index (χ4n) is 2.60. The van der Waals surface area contributed by atoms with Crippen LogP contribution in [-0.2, 0) is 0 Å². The molecule has 2 heterocycles. The average molecular weight is 435 g/mol. The number of halogens is 2. The van der Waals surface area contributed by atoms with Crippen molar-refractivity contribution in [2.75, 3.05) is 22.1 Å². The van der Waals surface area contributed by atoms with E-state index >= 15 is 0 Å². The molecule has 4 rings (SSSR count). The standard InChI is InChI=1S/C17H14N8S.2ClH/c18-13-7-20-24-15-3-1-9(5-11(13)15)22-17(26)23-10-2-4-16-12(6-10)14(19)8-21-25-16;;/h1-8H,(H2,18,24)(H2,19,25)(H2,22,23,26);2*1H. The fourth-order valence-corrected chi connectivity index (χ4v) is 2.84. The van der Waals surface area contributed by atoms with Gasteiger partial charge in [-0.15, -0.1) is 24.8 Å². The lowest BCUT2D eigenvalue weighted by Crippen LogP contribution is -2.19. The van der Waals surface area contributed by atoms with Gasteiger partial charge in [0.25, 0.3) is 0 Å². The summed E-state index contributed by atoms with van der Waals surface area (Å²) in [6, 6.07) is 11.1. The van der Waals surface area contributed by atoms with Crippen molar-refractivity contribution in [3.8, 4) is 0 Å². The Labute approximate surface area is 177 Å². The first-order chi connectivity index (χ1) is 12.6. The van der Waals surface area contributed by atoms with Crippen LogP contribution in [0.4, 0.5) is 22.7 Å². The van der Waals surface area contributed by atoms with Gasteiger partial charge in [-0.3, -0.25) is 0 Å². The van der Waals surface area contributed by atoms with Crippen molar-refractivity contribution in [1.82, 2.24) is 20.4 Å². The van der Waals surface area contributed by atoms with Gasteiger partial charge in [0, 0.05) is 22.1 Å². The lowest BCUT2D eigenvalue weighted by atomic mass is 10.2. The summed E-state index contributed by atoms with van der Waals surface area (Å²) in [7, 11) is 0. The molecule has 0 radical (unpaired) electrons. The normalized spacial score (nSPS) is 10.0. The van der Waals surface area contributed by atoms with Crippen LogP contribution in [0.3, 0.4) is 0 Å². The summed E-state index contributed by atoms with van der Waals surface area (Å²) in [5.41, 5.74) is 16.0. The van der Waals surface area contributed by atoms with E-state index in [-0.39, 0.29) is 24.8 Å². The van der Waals surface area contributed by atoms with Gasteiger partial charge in [0.15, 0.2) is 5.11 Å². The molecule has 0 saturated heterocycles. The number of fused-ring (bicyclic) bond motifs is 2. The van der Waals surface area contributed by atoms with E-state index in [4.69, 9.17) is 23.7 Å². The Morgan fingerprint density at radius 2 is 1.18 bits per heavy atom. The lowest BCUT2D eigenvalue weighted by molar-refractivity contribution is 1.08. The Hall–Kier alpha value is -3.01. The number of hydrogen-bond acceptors (Lipinski definition) is 7. The van der Waals surface area contributed by atoms with Gasteiger partial charge in [-0.25, -0.2) is 0 Å². The number of benzene rings is 2. The molecule has 2 aromatic heterocycles. The van der Waals surface area contributed by atoms with E-state index < -0.39 is 0 Å². The molecule has 0 atom stereocenters. The molecule has 0 fully saturated rings. The summed E-state index contributed by atoms with van der Waals surface area (Å²) >= 11 is 5.39. The Bertz CT molecular complexity index is 1070. The number of rotatable bonds is 2. The highest BCUT2D eigenvalue weighted by molar-refractivity contribution is 7.80. The average Bonchev–Trinajstić information content (AvgIpc) is 2.63. The van der Waals surface area contributed by atoms with Crippen LogP contribution >= 0.6 is 37.0 Å². The first-order valence-electron chi connectivity index (χ1n) is 7.70. The fraction of sp³-hybridized carbons (Fsp3) is 0. The summed E-state index contributed by atoms with van der Waals surface area (Å²) in [4.78, 5) is 0. The molecule has 28 heavy (non-hydrogen) atoms. The molecule has 0 aliphatic heterocycles. The van der Waals surface area contributed by atoms with Gasteiger partial charge in [0.1, 0.15) is 0 Å². The molecule has 144 valence electrons. The zero-order chi connectivity index (χ0) is 18.1. The van der Waals surface area contributed by atoms with Crippen molar-refractivity contribution in [1.29, 1.82) is 0 Å². The van der Waals surface area contributed by atoms with Crippen molar-refractivity contribution in [3.05, 3.63) is 48.8 Å². The topological polar surface area (TPSA) is 128 Å². The molecule has 4 aromatic rings. The number of nitrogens with one attached hydrogen (secondary N) is 2. The molecule has 0 spiro atoms. The molecule has 2 aromatic carbocycles. The monoisotopic (exact) mass is 434 g/mol. The van der Waals surface area contributed by atoms with Gasteiger partial charge in [0.2, 0.25) is 0 Å². The Balaban J connectivity index is 0.00000140. The minimum Gasteiger partial charge on any atom is -0.397 e. The van der Waals surface area contributed by atoms with E-state index in [9.17, 15) is 0 Å². The van der Waals surface area contributed by atoms with Gasteiger partial charge < -0.3 is 22.1 Å². The molecule has 0 bridgehead atoms. The molecule has 11 heteroatoms. The summed E-state index contributed by atoms with van der Waals surface area (Å²) in [5.74, 6) is 0. The summed E-state index contributed by atoms with van der Waals surface area (Å²) in [6.45, 7) is 0. The van der Waals surface area contributed by atoms with Crippen LogP contribution in [0.25, 0.3) is 21.8 Å². The van der Waals surface area contributed by atoms with Crippen molar-refractivity contribution >= 4 is 86.7 Å². The number of thiocarbonyl (C=S) groups is 1. The maximum Gasteiger partial charge on any atom is 0.175 e. The maximum absolute atomic E-state index is 5.94. The Morgan fingerprint density at radius 1 is 0.750 bits per heavy atom. The van der Waals surface area contributed by atoms with Crippen LogP contribution in [0.15, 0.2) is 48.8 Å². The predicted octanol–water partition coefficient (Wildman–Crippen LogP) is 3.39. The highest BCUT2D eigenvalue weighted by Crippen LogP contribution is 2.23. The Morgan fingerprint density at radius 3 is 1.61 bits per heavy atom. The van der Waals surface area contributed by atoms with E-state index in [1.165, 1.54) is 12.4 Å². The maximum atomic E-state index is 5.94. The van der Waals surface area contributed by atoms with E-state index in [1.807, 2.05) is 36.4 Å². The zero-order valence-corrected chi connectivity index (χ0v) is 16.7. The SMILES string of the molecule is Cl.Cl.Nc1cnnc2ccc(NC(=S)Nc3ccc4nncc(N)c4c3)cc12. The minimum atomic E-state index is 0. The van der Waals surface area contributed by atoms with Gasteiger partial charge in [-0.05, 0) is 48.6 Å². The van der Waals surface area contributed by atoms with Gasteiger partial charge in [-0.2, -0.15) is 20.4 Å². The van der Waals surface area contributed by atoms with Crippen molar-refractivity contribution < 1.29 is 0 Å². The number of hydrogen-bond donors (Lipinski definition) is 4. The van der Waals surface area contributed by atoms with Crippen LogP contribution < -0.4 is 22.1 Å². The molecule has 8 nitrogen and oxygen atoms in total. The number of aromatic nitrogens is 4. The largest absolute Gasteiger partial charge is 0.397 e. The van der Waals surface area contributed by atoms with Gasteiger partial charge in [0.05, 0.1) is 34.8 Å². The first kappa shape index (κ1) is 21.3. The number of anilines is 4. The number of nitrogens with zero attached hydrogens (tertiary/aromatic N) is 4. The highest BCUT2D eigenvalue weighted by atomic mass is 35.5. The molecule has 0 unspecified atom stereocenters.